The molecule has 0 radical (unpaired) electrons. The number of rotatable bonds is 10. The average Bonchev–Trinajstić information content (AvgIpc) is 3.47. The van der Waals surface area contributed by atoms with Crippen molar-refractivity contribution >= 4 is 35.1 Å². The quantitative estimate of drug-likeness (QED) is 0.323. The molecule has 36 heavy (non-hydrogen) atoms. The van der Waals surface area contributed by atoms with Gasteiger partial charge in [0, 0.05) is 48.2 Å². The van der Waals surface area contributed by atoms with Crippen LogP contribution in [0, 0.1) is 5.92 Å². The molecule has 0 unspecified atom stereocenters. The van der Waals surface area contributed by atoms with E-state index in [0.717, 1.165) is 35.4 Å². The second-order valence-electron chi connectivity index (χ2n) is 9.17. The Morgan fingerprint density at radius 1 is 1.06 bits per heavy atom. The number of ether oxygens (including phenoxy) is 1. The maximum absolute atomic E-state index is 13.5. The number of unbranched alkanes of at least 4 members (excludes halogenated alkanes) is 1. The van der Waals surface area contributed by atoms with E-state index in [4.69, 9.17) is 27.9 Å². The van der Waals surface area contributed by atoms with E-state index in [9.17, 15) is 14.7 Å². The number of likely N-dealkylation sites (tertiary alicyclic amines) is 1. The molecular weight excluding hydrogens is 499 g/mol. The highest BCUT2D eigenvalue weighted by Crippen LogP contribution is 2.30. The number of halogens is 2. The summed E-state index contributed by atoms with van der Waals surface area (Å²) in [5.74, 6) is -1.48. The van der Waals surface area contributed by atoms with Crippen molar-refractivity contribution in [2.45, 2.75) is 32.3 Å². The Labute approximate surface area is 221 Å². The van der Waals surface area contributed by atoms with Crippen molar-refractivity contribution in [1.82, 2.24) is 9.47 Å². The predicted octanol–water partition coefficient (Wildman–Crippen LogP) is 6.09. The molecule has 0 spiro atoms. The third-order valence-corrected chi connectivity index (χ3v) is 7.11. The number of amides is 1. The highest BCUT2D eigenvalue weighted by molar-refractivity contribution is 6.31. The molecule has 1 N–H and O–H groups in total. The summed E-state index contributed by atoms with van der Waals surface area (Å²) in [6.07, 6.45) is 2.88. The minimum absolute atomic E-state index is 0.116. The molecule has 1 aliphatic heterocycles. The van der Waals surface area contributed by atoms with E-state index in [1.165, 1.54) is 0 Å². The molecule has 190 valence electrons. The van der Waals surface area contributed by atoms with Crippen LogP contribution < -0.4 is 0 Å². The lowest BCUT2D eigenvalue weighted by molar-refractivity contribution is -0.141. The Morgan fingerprint density at radius 3 is 2.50 bits per heavy atom. The molecule has 3 aromatic rings. The van der Waals surface area contributed by atoms with Crippen molar-refractivity contribution < 1.29 is 19.4 Å². The number of aliphatic carboxylic acids is 1. The lowest BCUT2D eigenvalue weighted by Crippen LogP contribution is -2.30. The molecular formula is C28H30Cl2N2O4. The minimum atomic E-state index is -0.851. The van der Waals surface area contributed by atoms with E-state index in [0.29, 0.717) is 48.2 Å². The van der Waals surface area contributed by atoms with Gasteiger partial charge in [-0.3, -0.25) is 9.59 Å². The third-order valence-electron chi connectivity index (χ3n) is 6.64. The van der Waals surface area contributed by atoms with Crippen molar-refractivity contribution in [2.75, 3.05) is 19.7 Å². The van der Waals surface area contributed by atoms with Crippen LogP contribution in [0.15, 0.2) is 54.6 Å². The summed E-state index contributed by atoms with van der Waals surface area (Å²) in [6.45, 7) is 1.81. The van der Waals surface area contributed by atoms with E-state index in [-0.39, 0.29) is 12.5 Å². The SMILES string of the molecule is Cn1c(-c2cccc(Cl)c2)cc(C(=O)N2CC[C@H](C(=O)O)C2)c1CCCCOCc1cccc(Cl)c1. The molecule has 0 bridgehead atoms. The first-order chi connectivity index (χ1) is 17.3. The van der Waals surface area contributed by atoms with Crippen LogP contribution in [0.5, 0.6) is 0 Å². The normalized spacial score (nSPS) is 15.4. The summed E-state index contributed by atoms with van der Waals surface area (Å²) >= 11 is 12.3. The van der Waals surface area contributed by atoms with Gasteiger partial charge in [0.1, 0.15) is 0 Å². The van der Waals surface area contributed by atoms with Gasteiger partial charge in [-0.15, -0.1) is 0 Å². The van der Waals surface area contributed by atoms with E-state index >= 15 is 0 Å². The van der Waals surface area contributed by atoms with Gasteiger partial charge in [-0.05, 0) is 67.1 Å². The first-order valence-electron chi connectivity index (χ1n) is 12.1. The molecule has 1 saturated heterocycles. The maximum Gasteiger partial charge on any atom is 0.308 e. The molecule has 1 amide bonds. The Balaban J connectivity index is 1.46. The number of aromatic nitrogens is 1. The van der Waals surface area contributed by atoms with E-state index in [1.807, 2.05) is 61.6 Å². The van der Waals surface area contributed by atoms with Gasteiger partial charge in [0.15, 0.2) is 0 Å². The molecule has 0 aliphatic carbocycles. The number of carboxylic acid groups (broad SMARTS) is 1. The first kappa shape index (κ1) is 26.3. The summed E-state index contributed by atoms with van der Waals surface area (Å²) in [5.41, 5.74) is 4.43. The van der Waals surface area contributed by atoms with Gasteiger partial charge in [-0.25, -0.2) is 0 Å². The summed E-state index contributed by atoms with van der Waals surface area (Å²) in [7, 11) is 1.96. The highest BCUT2D eigenvalue weighted by Gasteiger charge is 2.33. The summed E-state index contributed by atoms with van der Waals surface area (Å²) in [5, 5.41) is 10.7. The predicted molar refractivity (Wildman–Crippen MR) is 142 cm³/mol. The number of carbonyl (C=O) groups excluding carboxylic acids is 1. The van der Waals surface area contributed by atoms with Gasteiger partial charge in [0.2, 0.25) is 0 Å². The van der Waals surface area contributed by atoms with Gasteiger partial charge in [0.05, 0.1) is 18.1 Å². The Bertz CT molecular complexity index is 1240. The smallest absolute Gasteiger partial charge is 0.308 e. The molecule has 1 fully saturated rings. The van der Waals surface area contributed by atoms with Crippen LogP contribution in [-0.2, 0) is 29.6 Å². The second kappa shape index (κ2) is 12.0. The van der Waals surface area contributed by atoms with Gasteiger partial charge in [-0.2, -0.15) is 0 Å². The van der Waals surface area contributed by atoms with Crippen LogP contribution in [0.25, 0.3) is 11.3 Å². The topological polar surface area (TPSA) is 71.8 Å². The van der Waals surface area contributed by atoms with Gasteiger partial charge >= 0.3 is 5.97 Å². The third kappa shape index (κ3) is 6.30. The zero-order valence-electron chi connectivity index (χ0n) is 20.3. The molecule has 6 nitrogen and oxygen atoms in total. The van der Waals surface area contributed by atoms with E-state index in [2.05, 4.69) is 4.57 Å². The Hall–Kier alpha value is -2.80. The van der Waals surface area contributed by atoms with E-state index < -0.39 is 11.9 Å². The molecule has 0 saturated carbocycles. The molecule has 4 rings (SSSR count). The van der Waals surface area contributed by atoms with Crippen molar-refractivity contribution in [3.05, 3.63) is 81.5 Å². The maximum atomic E-state index is 13.5. The van der Waals surface area contributed by atoms with Crippen LogP contribution in [0.4, 0.5) is 0 Å². The van der Waals surface area contributed by atoms with Crippen LogP contribution in [0.2, 0.25) is 10.0 Å². The van der Waals surface area contributed by atoms with Gasteiger partial charge in [0.25, 0.3) is 5.91 Å². The van der Waals surface area contributed by atoms with Crippen molar-refractivity contribution in [3.8, 4) is 11.3 Å². The number of hydrogen-bond acceptors (Lipinski definition) is 3. The summed E-state index contributed by atoms with van der Waals surface area (Å²) < 4.78 is 7.86. The molecule has 1 aromatic heterocycles. The minimum Gasteiger partial charge on any atom is -0.481 e. The number of carbonyl (C=O) groups is 2. The number of carboxylic acids is 1. The fraction of sp³-hybridized carbons (Fsp3) is 0.357. The standard InChI is InChI=1S/C28H30Cl2N2O4/c1-31-25(10-2-3-13-36-18-19-6-4-8-22(29)14-19)24(16-26(31)20-7-5-9-23(30)15-20)27(33)32-12-11-21(17-32)28(34)35/h4-9,14-16,21H,2-3,10-13,17-18H2,1H3,(H,34,35)/t21-/m0/s1. The van der Waals surface area contributed by atoms with Crippen molar-refractivity contribution in [2.24, 2.45) is 13.0 Å². The summed E-state index contributed by atoms with van der Waals surface area (Å²) in [6, 6.07) is 17.1. The molecule has 2 heterocycles. The fourth-order valence-electron chi connectivity index (χ4n) is 4.69. The monoisotopic (exact) mass is 528 g/mol. The fourth-order valence-corrected chi connectivity index (χ4v) is 5.09. The van der Waals surface area contributed by atoms with Gasteiger partial charge < -0.3 is 19.3 Å². The zero-order valence-corrected chi connectivity index (χ0v) is 21.8. The first-order valence-corrected chi connectivity index (χ1v) is 12.9. The molecule has 1 aliphatic rings. The second-order valence-corrected chi connectivity index (χ2v) is 10.0. The van der Waals surface area contributed by atoms with Crippen LogP contribution in [-0.4, -0.2) is 46.1 Å². The Kier molecular flexibility index (Phi) is 8.72. The number of benzene rings is 2. The van der Waals surface area contributed by atoms with Crippen LogP contribution in [0.3, 0.4) is 0 Å². The summed E-state index contributed by atoms with van der Waals surface area (Å²) in [4.78, 5) is 26.5. The van der Waals surface area contributed by atoms with Crippen LogP contribution >= 0.6 is 23.2 Å². The van der Waals surface area contributed by atoms with Crippen LogP contribution in [0.1, 0.15) is 40.9 Å². The van der Waals surface area contributed by atoms with Crippen molar-refractivity contribution in [3.63, 3.8) is 0 Å². The number of nitrogens with zero attached hydrogens (tertiary/aromatic N) is 2. The van der Waals surface area contributed by atoms with Crippen molar-refractivity contribution in [1.29, 1.82) is 0 Å². The highest BCUT2D eigenvalue weighted by atomic mass is 35.5. The Morgan fingerprint density at radius 2 is 1.81 bits per heavy atom. The largest absolute Gasteiger partial charge is 0.481 e. The average molecular weight is 529 g/mol. The molecule has 1 atom stereocenters. The molecule has 2 aromatic carbocycles. The van der Waals surface area contributed by atoms with Gasteiger partial charge in [-0.1, -0.05) is 47.5 Å². The zero-order chi connectivity index (χ0) is 25.7. The number of hydrogen-bond donors (Lipinski definition) is 1. The lowest BCUT2D eigenvalue weighted by atomic mass is 10.1. The lowest BCUT2D eigenvalue weighted by Gasteiger charge is -2.17. The van der Waals surface area contributed by atoms with E-state index in [1.54, 1.807) is 4.90 Å². The molecule has 8 heteroatoms.